The second-order valence-electron chi connectivity index (χ2n) is 5.51. The minimum atomic E-state index is -0.955. The van der Waals surface area contributed by atoms with Gasteiger partial charge in [-0.3, -0.25) is 0 Å². The van der Waals surface area contributed by atoms with Gasteiger partial charge in [0.25, 0.3) is 0 Å². The summed E-state index contributed by atoms with van der Waals surface area (Å²) >= 11 is 0. The molecule has 0 aliphatic heterocycles. The molecular formula is C18H20O3. The highest BCUT2D eigenvalue weighted by molar-refractivity contribution is 5.91. The van der Waals surface area contributed by atoms with Gasteiger partial charge < -0.3 is 9.84 Å². The van der Waals surface area contributed by atoms with Crippen molar-refractivity contribution in [3.8, 4) is 5.75 Å². The third-order valence-corrected chi connectivity index (χ3v) is 3.16. The van der Waals surface area contributed by atoms with Crippen LogP contribution in [0.15, 0.2) is 48.5 Å². The minimum absolute atomic E-state index is 0.226. The van der Waals surface area contributed by atoms with Crippen molar-refractivity contribution in [1.29, 1.82) is 0 Å². The van der Waals surface area contributed by atoms with Crippen molar-refractivity contribution in [2.45, 2.75) is 26.9 Å². The summed E-state index contributed by atoms with van der Waals surface area (Å²) in [6.45, 7) is 4.59. The van der Waals surface area contributed by atoms with Crippen LogP contribution in [0.25, 0.3) is 0 Å². The van der Waals surface area contributed by atoms with E-state index in [1.165, 1.54) is 0 Å². The van der Waals surface area contributed by atoms with Gasteiger partial charge in [0.1, 0.15) is 17.9 Å². The Bertz CT molecular complexity index is 603. The maximum Gasteiger partial charge on any atom is 0.339 e. The summed E-state index contributed by atoms with van der Waals surface area (Å²) in [6.07, 6.45) is 0.860. The molecule has 21 heavy (non-hydrogen) atoms. The minimum Gasteiger partial charge on any atom is -0.488 e. The van der Waals surface area contributed by atoms with Crippen LogP contribution in [0.4, 0.5) is 0 Å². The topological polar surface area (TPSA) is 46.5 Å². The van der Waals surface area contributed by atoms with Crippen LogP contribution in [-0.4, -0.2) is 11.1 Å². The van der Waals surface area contributed by atoms with E-state index in [1.54, 1.807) is 12.1 Å². The molecule has 0 heterocycles. The first-order chi connectivity index (χ1) is 10.1. The lowest BCUT2D eigenvalue weighted by molar-refractivity contribution is 0.0691. The first-order valence-electron chi connectivity index (χ1n) is 7.09. The number of aromatic carboxylic acids is 1. The first-order valence-corrected chi connectivity index (χ1v) is 7.09. The monoisotopic (exact) mass is 284 g/mol. The summed E-state index contributed by atoms with van der Waals surface area (Å²) in [7, 11) is 0. The fraction of sp³-hybridized carbons (Fsp3) is 0.278. The predicted molar refractivity (Wildman–Crippen MR) is 82.7 cm³/mol. The lowest BCUT2D eigenvalue weighted by Crippen LogP contribution is -2.05. The fourth-order valence-corrected chi connectivity index (χ4v) is 2.20. The molecule has 1 N–H and O–H groups in total. The van der Waals surface area contributed by atoms with E-state index >= 15 is 0 Å². The maximum absolute atomic E-state index is 11.4. The molecule has 0 saturated carbocycles. The van der Waals surface area contributed by atoms with E-state index < -0.39 is 5.97 Å². The average molecular weight is 284 g/mol. The highest BCUT2D eigenvalue weighted by atomic mass is 16.5. The van der Waals surface area contributed by atoms with Gasteiger partial charge in [-0.1, -0.05) is 50.2 Å². The molecule has 0 bridgehead atoms. The maximum atomic E-state index is 11.4. The van der Waals surface area contributed by atoms with Crippen molar-refractivity contribution in [2.24, 2.45) is 5.92 Å². The Balaban J connectivity index is 2.16. The van der Waals surface area contributed by atoms with E-state index in [4.69, 9.17) is 4.74 Å². The summed E-state index contributed by atoms with van der Waals surface area (Å²) in [4.78, 5) is 11.4. The molecule has 2 rings (SSSR count). The predicted octanol–water partition coefficient (Wildman–Crippen LogP) is 4.16. The van der Waals surface area contributed by atoms with Crippen LogP contribution in [0.1, 0.15) is 35.3 Å². The van der Waals surface area contributed by atoms with Crippen LogP contribution in [-0.2, 0) is 13.0 Å². The Labute approximate surface area is 125 Å². The van der Waals surface area contributed by atoms with Crippen molar-refractivity contribution < 1.29 is 14.6 Å². The Kier molecular flexibility index (Phi) is 4.99. The third-order valence-electron chi connectivity index (χ3n) is 3.16. The molecule has 0 amide bonds. The van der Waals surface area contributed by atoms with E-state index in [-0.39, 0.29) is 5.56 Å². The Hall–Kier alpha value is -2.29. The van der Waals surface area contributed by atoms with Crippen LogP contribution in [0, 0.1) is 5.92 Å². The van der Waals surface area contributed by atoms with Crippen molar-refractivity contribution in [1.82, 2.24) is 0 Å². The van der Waals surface area contributed by atoms with E-state index in [2.05, 4.69) is 13.8 Å². The highest BCUT2D eigenvalue weighted by Crippen LogP contribution is 2.23. The van der Waals surface area contributed by atoms with E-state index in [0.29, 0.717) is 18.3 Å². The largest absolute Gasteiger partial charge is 0.488 e. The molecule has 0 aromatic heterocycles. The first kappa shape index (κ1) is 15.1. The molecule has 110 valence electrons. The van der Waals surface area contributed by atoms with Gasteiger partial charge in [-0.25, -0.2) is 4.79 Å². The number of hydrogen-bond acceptors (Lipinski definition) is 2. The second kappa shape index (κ2) is 6.93. The van der Waals surface area contributed by atoms with Gasteiger partial charge >= 0.3 is 5.97 Å². The number of benzene rings is 2. The highest BCUT2D eigenvalue weighted by Gasteiger charge is 2.13. The zero-order valence-corrected chi connectivity index (χ0v) is 12.4. The number of carboxylic acid groups (broad SMARTS) is 1. The lowest BCUT2D eigenvalue weighted by atomic mass is 10.0. The van der Waals surface area contributed by atoms with Gasteiger partial charge in [0.15, 0.2) is 0 Å². The molecule has 2 aromatic carbocycles. The van der Waals surface area contributed by atoms with E-state index in [9.17, 15) is 9.90 Å². The van der Waals surface area contributed by atoms with Crippen molar-refractivity contribution in [3.05, 3.63) is 65.2 Å². The van der Waals surface area contributed by atoms with Gasteiger partial charge in [0.05, 0.1) is 0 Å². The fourth-order valence-electron chi connectivity index (χ4n) is 2.20. The molecule has 2 aromatic rings. The van der Waals surface area contributed by atoms with Gasteiger partial charge in [0, 0.05) is 0 Å². The van der Waals surface area contributed by atoms with Crippen molar-refractivity contribution in [2.75, 3.05) is 0 Å². The molecule has 3 heteroatoms. The van der Waals surface area contributed by atoms with Crippen LogP contribution in [0.3, 0.4) is 0 Å². The van der Waals surface area contributed by atoms with E-state index in [1.807, 2.05) is 36.4 Å². The number of ether oxygens (including phenoxy) is 1. The van der Waals surface area contributed by atoms with Crippen molar-refractivity contribution >= 4 is 5.97 Å². The van der Waals surface area contributed by atoms with Gasteiger partial charge in [-0.2, -0.15) is 0 Å². The number of carboxylic acids is 1. The van der Waals surface area contributed by atoms with Gasteiger partial charge in [0.2, 0.25) is 0 Å². The standard InChI is InChI=1S/C18H20O3/c1-13(2)10-15-8-9-17(16(11-15)18(19)20)21-12-14-6-4-3-5-7-14/h3-9,11,13H,10,12H2,1-2H3,(H,19,20). The SMILES string of the molecule is CC(C)Cc1ccc(OCc2ccccc2)c(C(=O)O)c1. The van der Waals surface area contributed by atoms with Crippen LogP contribution >= 0.6 is 0 Å². The quantitative estimate of drug-likeness (QED) is 0.866. The summed E-state index contributed by atoms with van der Waals surface area (Å²) in [5.74, 6) is -0.0507. The van der Waals surface area contributed by atoms with Crippen LogP contribution < -0.4 is 4.74 Å². The van der Waals surface area contributed by atoms with Gasteiger partial charge in [-0.05, 0) is 35.6 Å². The van der Waals surface area contributed by atoms with Crippen molar-refractivity contribution in [3.63, 3.8) is 0 Å². The Morgan fingerprint density at radius 2 is 1.81 bits per heavy atom. The van der Waals surface area contributed by atoms with E-state index in [0.717, 1.165) is 17.5 Å². The zero-order chi connectivity index (χ0) is 15.2. The third kappa shape index (κ3) is 4.35. The van der Waals surface area contributed by atoms with Crippen LogP contribution in [0.2, 0.25) is 0 Å². The molecular weight excluding hydrogens is 264 g/mol. The normalized spacial score (nSPS) is 10.6. The molecule has 0 unspecified atom stereocenters. The van der Waals surface area contributed by atoms with Gasteiger partial charge in [-0.15, -0.1) is 0 Å². The molecule has 0 radical (unpaired) electrons. The Morgan fingerprint density at radius 1 is 1.10 bits per heavy atom. The summed E-state index contributed by atoms with van der Waals surface area (Å²) in [5.41, 5.74) is 2.26. The number of carbonyl (C=O) groups is 1. The molecule has 0 atom stereocenters. The molecule has 0 aliphatic carbocycles. The molecule has 0 aliphatic rings. The lowest BCUT2D eigenvalue weighted by Gasteiger charge is -2.12. The number of hydrogen-bond donors (Lipinski definition) is 1. The summed E-state index contributed by atoms with van der Waals surface area (Å²) < 4.78 is 5.66. The summed E-state index contributed by atoms with van der Waals surface area (Å²) in [5, 5.41) is 9.34. The molecule has 0 fully saturated rings. The summed E-state index contributed by atoms with van der Waals surface area (Å²) in [6, 6.07) is 15.1. The average Bonchev–Trinajstić information content (AvgIpc) is 2.46. The molecule has 0 spiro atoms. The van der Waals surface area contributed by atoms with Crippen LogP contribution in [0.5, 0.6) is 5.75 Å². The Morgan fingerprint density at radius 3 is 2.43 bits per heavy atom. The number of rotatable bonds is 6. The zero-order valence-electron chi connectivity index (χ0n) is 12.4. The second-order valence-corrected chi connectivity index (χ2v) is 5.51. The molecule has 0 saturated heterocycles. The molecule has 3 nitrogen and oxygen atoms in total. The smallest absolute Gasteiger partial charge is 0.339 e.